The molecule has 124 valence electrons. The molecule has 0 saturated carbocycles. The zero-order valence-corrected chi connectivity index (χ0v) is 14.8. The number of nitrogens with zero attached hydrogens (tertiary/aromatic N) is 2. The summed E-state index contributed by atoms with van der Waals surface area (Å²) in [6.07, 6.45) is 7.79. The van der Waals surface area contributed by atoms with E-state index in [0.717, 1.165) is 6.42 Å². The van der Waals surface area contributed by atoms with Crippen LogP contribution in [0.3, 0.4) is 0 Å². The largest absolute Gasteiger partial charge is 0.285 e. The van der Waals surface area contributed by atoms with Gasteiger partial charge in [-0.25, -0.2) is 0 Å². The fourth-order valence-electron chi connectivity index (χ4n) is 3.21. The van der Waals surface area contributed by atoms with Gasteiger partial charge in [-0.3, -0.25) is 10.0 Å². The fourth-order valence-corrected chi connectivity index (χ4v) is 3.21. The molecule has 1 aliphatic rings. The number of para-hydroxylation sites is 1. The van der Waals surface area contributed by atoms with Gasteiger partial charge < -0.3 is 0 Å². The quantitative estimate of drug-likeness (QED) is 0.696. The number of benzene rings is 2. The first-order chi connectivity index (χ1) is 11.6. The number of rotatable bonds is 5. The summed E-state index contributed by atoms with van der Waals surface area (Å²) < 4.78 is 0. The summed E-state index contributed by atoms with van der Waals surface area (Å²) in [4.78, 5) is 0. The maximum absolute atomic E-state index is 2.36. The number of hydrogen-bond donors (Lipinski definition) is 0. The lowest BCUT2D eigenvalue weighted by Gasteiger charge is -2.41. The number of hydrogen-bond acceptors (Lipinski definition) is 2. The van der Waals surface area contributed by atoms with Crippen LogP contribution >= 0.6 is 0 Å². The second kappa shape index (κ2) is 7.39. The topological polar surface area (TPSA) is 6.48 Å². The molecule has 2 heteroatoms. The van der Waals surface area contributed by atoms with Crippen molar-refractivity contribution in [1.82, 2.24) is 5.01 Å². The molecule has 0 bridgehead atoms. The predicted molar refractivity (Wildman–Crippen MR) is 103 cm³/mol. The second-order valence-corrected chi connectivity index (χ2v) is 6.80. The van der Waals surface area contributed by atoms with E-state index in [4.69, 9.17) is 0 Å². The predicted octanol–water partition coefficient (Wildman–Crippen LogP) is 5.71. The van der Waals surface area contributed by atoms with E-state index in [-0.39, 0.29) is 0 Å². The lowest BCUT2D eigenvalue weighted by atomic mass is 10.0. The molecule has 0 amide bonds. The Labute approximate surface area is 145 Å². The van der Waals surface area contributed by atoms with E-state index in [0.29, 0.717) is 12.0 Å². The highest BCUT2D eigenvalue weighted by molar-refractivity contribution is 5.76. The summed E-state index contributed by atoms with van der Waals surface area (Å²) in [6, 6.07) is 21.5. The van der Waals surface area contributed by atoms with Gasteiger partial charge in [0.05, 0.1) is 5.69 Å². The number of hydrazine groups is 1. The smallest absolute Gasteiger partial charge is 0.0625 e. The molecule has 0 N–H and O–H groups in total. The minimum Gasteiger partial charge on any atom is -0.285 e. The highest BCUT2D eigenvalue weighted by atomic mass is 15.6. The molecule has 3 rings (SSSR count). The molecule has 0 aromatic heterocycles. The first-order valence-corrected chi connectivity index (χ1v) is 8.73. The van der Waals surface area contributed by atoms with Crippen LogP contribution in [-0.2, 0) is 0 Å². The van der Waals surface area contributed by atoms with Crippen molar-refractivity contribution in [2.45, 2.75) is 33.2 Å². The number of anilines is 1. The molecule has 0 spiro atoms. The third-order valence-corrected chi connectivity index (χ3v) is 4.31. The molecule has 1 atom stereocenters. The van der Waals surface area contributed by atoms with Crippen molar-refractivity contribution in [2.24, 2.45) is 5.92 Å². The SMILES string of the molecule is CC(C)CC(C)N1C=C(c2ccccc2)C=CN1c1ccccc1. The van der Waals surface area contributed by atoms with E-state index in [1.54, 1.807) is 0 Å². The molecular weight excluding hydrogens is 292 g/mol. The Hall–Kier alpha value is -2.48. The Balaban J connectivity index is 1.94. The first-order valence-electron chi connectivity index (χ1n) is 8.73. The maximum Gasteiger partial charge on any atom is 0.0625 e. The summed E-state index contributed by atoms with van der Waals surface area (Å²) in [5.41, 5.74) is 3.69. The molecule has 0 saturated heterocycles. The first kappa shape index (κ1) is 16.4. The molecule has 0 radical (unpaired) electrons. The van der Waals surface area contributed by atoms with Crippen molar-refractivity contribution in [3.05, 3.63) is 84.7 Å². The standard InChI is InChI=1S/C22H26N2/c1-18(2)16-19(3)24-17-21(20-10-6-4-7-11-20)14-15-23(24)22-12-8-5-9-13-22/h4-15,17-19H,16H2,1-3H3. The van der Waals surface area contributed by atoms with Gasteiger partial charge in [-0.1, -0.05) is 62.4 Å². The lowest BCUT2D eigenvalue weighted by molar-refractivity contribution is 0.257. The Kier molecular flexibility index (Phi) is 5.05. The van der Waals surface area contributed by atoms with Crippen LogP contribution in [0.5, 0.6) is 0 Å². The average Bonchev–Trinajstić information content (AvgIpc) is 2.62. The van der Waals surface area contributed by atoms with Crippen molar-refractivity contribution in [1.29, 1.82) is 0 Å². The normalized spacial score (nSPS) is 15.6. The van der Waals surface area contributed by atoms with E-state index in [1.165, 1.54) is 16.8 Å². The molecule has 2 aromatic carbocycles. The van der Waals surface area contributed by atoms with Gasteiger partial charge in [-0.2, -0.15) is 0 Å². The van der Waals surface area contributed by atoms with Gasteiger partial charge >= 0.3 is 0 Å². The minimum atomic E-state index is 0.425. The van der Waals surface area contributed by atoms with Gasteiger partial charge in [0.2, 0.25) is 0 Å². The summed E-state index contributed by atoms with van der Waals surface area (Å²) in [6.45, 7) is 6.87. The van der Waals surface area contributed by atoms with Gasteiger partial charge in [0.1, 0.15) is 0 Å². The zero-order chi connectivity index (χ0) is 16.9. The van der Waals surface area contributed by atoms with E-state index in [1.807, 2.05) is 0 Å². The Morgan fingerprint density at radius 1 is 0.833 bits per heavy atom. The highest BCUT2D eigenvalue weighted by Crippen LogP contribution is 2.29. The van der Waals surface area contributed by atoms with Gasteiger partial charge in [-0.15, -0.1) is 0 Å². The van der Waals surface area contributed by atoms with E-state index >= 15 is 0 Å². The maximum atomic E-state index is 2.36. The number of allylic oxidation sites excluding steroid dienone is 2. The Morgan fingerprint density at radius 3 is 2.08 bits per heavy atom. The third-order valence-electron chi connectivity index (χ3n) is 4.31. The Morgan fingerprint density at radius 2 is 1.46 bits per heavy atom. The van der Waals surface area contributed by atoms with Crippen molar-refractivity contribution in [3.63, 3.8) is 0 Å². The van der Waals surface area contributed by atoms with Gasteiger partial charge in [0, 0.05) is 24.0 Å². The molecule has 1 heterocycles. The molecule has 1 unspecified atom stereocenters. The monoisotopic (exact) mass is 318 g/mol. The second-order valence-electron chi connectivity index (χ2n) is 6.80. The molecule has 1 aliphatic heterocycles. The van der Waals surface area contributed by atoms with Crippen molar-refractivity contribution >= 4 is 11.3 Å². The van der Waals surface area contributed by atoms with Crippen molar-refractivity contribution in [3.8, 4) is 0 Å². The average molecular weight is 318 g/mol. The van der Waals surface area contributed by atoms with Gasteiger partial charge in [-0.05, 0) is 43.0 Å². The lowest BCUT2D eigenvalue weighted by Crippen LogP contribution is -2.43. The van der Waals surface area contributed by atoms with Crippen LogP contribution in [0.25, 0.3) is 5.57 Å². The van der Waals surface area contributed by atoms with E-state index in [2.05, 4.69) is 110 Å². The van der Waals surface area contributed by atoms with E-state index in [9.17, 15) is 0 Å². The highest BCUT2D eigenvalue weighted by Gasteiger charge is 2.22. The Bertz CT molecular complexity index is 701. The van der Waals surface area contributed by atoms with Crippen LogP contribution in [0.1, 0.15) is 32.8 Å². The summed E-state index contributed by atoms with van der Waals surface area (Å²) in [7, 11) is 0. The van der Waals surface area contributed by atoms with Crippen LogP contribution in [0.2, 0.25) is 0 Å². The van der Waals surface area contributed by atoms with Crippen molar-refractivity contribution < 1.29 is 0 Å². The van der Waals surface area contributed by atoms with Crippen LogP contribution in [0, 0.1) is 5.92 Å². The third kappa shape index (κ3) is 3.70. The van der Waals surface area contributed by atoms with Crippen LogP contribution < -0.4 is 5.01 Å². The van der Waals surface area contributed by atoms with Crippen LogP contribution in [0.15, 0.2) is 79.1 Å². The minimum absolute atomic E-state index is 0.425. The fraction of sp³-hybridized carbons (Fsp3) is 0.273. The molecule has 2 aromatic rings. The molecular formula is C22H26N2. The van der Waals surface area contributed by atoms with Crippen LogP contribution in [-0.4, -0.2) is 11.1 Å². The molecule has 0 aliphatic carbocycles. The molecule has 2 nitrogen and oxygen atoms in total. The van der Waals surface area contributed by atoms with Gasteiger partial charge in [0.15, 0.2) is 0 Å². The van der Waals surface area contributed by atoms with Crippen LogP contribution in [0.4, 0.5) is 5.69 Å². The molecule has 0 fully saturated rings. The van der Waals surface area contributed by atoms with Gasteiger partial charge in [0.25, 0.3) is 0 Å². The summed E-state index contributed by atoms with van der Waals surface area (Å²) in [5.74, 6) is 0.664. The molecule has 24 heavy (non-hydrogen) atoms. The van der Waals surface area contributed by atoms with E-state index < -0.39 is 0 Å². The summed E-state index contributed by atoms with van der Waals surface area (Å²) >= 11 is 0. The van der Waals surface area contributed by atoms with Crippen molar-refractivity contribution in [2.75, 3.05) is 5.01 Å². The zero-order valence-electron chi connectivity index (χ0n) is 14.8. The summed E-state index contributed by atoms with van der Waals surface area (Å²) in [5, 5.41) is 4.61.